The van der Waals surface area contributed by atoms with Crippen LogP contribution in [-0.2, 0) is 9.53 Å². The number of carboxylic acid groups (broad SMARTS) is 1. The molecule has 0 spiro atoms. The fourth-order valence-electron chi connectivity index (χ4n) is 2.83. The van der Waals surface area contributed by atoms with Gasteiger partial charge in [0.1, 0.15) is 5.54 Å². The monoisotopic (exact) mass is 242 g/mol. The number of carboxylic acids is 1. The van der Waals surface area contributed by atoms with Crippen LogP contribution in [0, 0.1) is 0 Å². The average molecular weight is 242 g/mol. The Hall–Kier alpha value is -0.650. The van der Waals surface area contributed by atoms with Crippen molar-refractivity contribution in [3.63, 3.8) is 0 Å². The van der Waals surface area contributed by atoms with E-state index >= 15 is 0 Å². The summed E-state index contributed by atoms with van der Waals surface area (Å²) in [6.07, 6.45) is 3.90. The van der Waals surface area contributed by atoms with Gasteiger partial charge in [0.25, 0.3) is 0 Å². The van der Waals surface area contributed by atoms with E-state index in [1.807, 2.05) is 0 Å². The number of hydrogen-bond acceptors (Lipinski definition) is 4. The van der Waals surface area contributed by atoms with Gasteiger partial charge >= 0.3 is 5.97 Å². The molecule has 2 aliphatic rings. The molecule has 2 heterocycles. The zero-order chi connectivity index (χ0) is 12.5. The number of ether oxygens (including phenoxy) is 1. The minimum Gasteiger partial charge on any atom is -0.480 e. The van der Waals surface area contributed by atoms with Crippen LogP contribution in [-0.4, -0.2) is 53.4 Å². The summed E-state index contributed by atoms with van der Waals surface area (Å²) in [7, 11) is 0. The van der Waals surface area contributed by atoms with Crippen LogP contribution in [0.3, 0.4) is 0 Å². The average Bonchev–Trinajstić information content (AvgIpc) is 2.74. The van der Waals surface area contributed by atoms with Gasteiger partial charge in [0.15, 0.2) is 0 Å². The third-order valence-corrected chi connectivity index (χ3v) is 4.07. The van der Waals surface area contributed by atoms with E-state index in [1.165, 1.54) is 0 Å². The summed E-state index contributed by atoms with van der Waals surface area (Å²) in [6.45, 7) is 4.18. The molecule has 98 valence electrons. The Morgan fingerprint density at radius 1 is 1.65 bits per heavy atom. The quantitative estimate of drug-likeness (QED) is 0.750. The molecule has 2 rings (SSSR count). The number of likely N-dealkylation sites (tertiary alicyclic amines) is 1. The molecule has 0 saturated carbocycles. The lowest BCUT2D eigenvalue weighted by molar-refractivity contribution is -0.142. The molecule has 0 aromatic carbocycles. The van der Waals surface area contributed by atoms with Crippen LogP contribution in [0.1, 0.15) is 32.6 Å². The van der Waals surface area contributed by atoms with Crippen LogP contribution in [0.5, 0.6) is 0 Å². The Morgan fingerprint density at radius 2 is 2.41 bits per heavy atom. The van der Waals surface area contributed by atoms with Crippen molar-refractivity contribution < 1.29 is 14.6 Å². The van der Waals surface area contributed by atoms with Crippen LogP contribution in [0.25, 0.3) is 0 Å². The molecule has 17 heavy (non-hydrogen) atoms. The molecule has 3 unspecified atom stereocenters. The van der Waals surface area contributed by atoms with E-state index in [1.54, 1.807) is 0 Å². The van der Waals surface area contributed by atoms with Gasteiger partial charge in [-0.25, -0.2) is 0 Å². The number of hydrogen-bond donors (Lipinski definition) is 2. The first-order valence-electron chi connectivity index (χ1n) is 6.43. The predicted octanol–water partition coefficient (Wildman–Crippen LogP) is 0.432. The lowest BCUT2D eigenvalue weighted by atomic mass is 9.99. The standard InChI is InChI=1S/C12H22N2O3/c1-2-10-7-9(3-6-17-10)14-5-4-12(13,8-14)11(15)16/h9-10H,2-8,13H2,1H3,(H,15,16). The summed E-state index contributed by atoms with van der Waals surface area (Å²) in [5.41, 5.74) is 4.85. The molecule has 0 radical (unpaired) electrons. The first kappa shape index (κ1) is 12.8. The summed E-state index contributed by atoms with van der Waals surface area (Å²) in [6, 6.07) is 0.443. The van der Waals surface area contributed by atoms with Gasteiger partial charge in [0.2, 0.25) is 0 Å². The molecule has 0 aromatic heterocycles. The second-order valence-electron chi connectivity index (χ2n) is 5.26. The van der Waals surface area contributed by atoms with Crippen molar-refractivity contribution in [3.05, 3.63) is 0 Å². The minimum atomic E-state index is -1.04. The minimum absolute atomic E-state index is 0.325. The number of rotatable bonds is 3. The molecule has 0 amide bonds. The smallest absolute Gasteiger partial charge is 0.325 e. The molecular formula is C12H22N2O3. The second kappa shape index (κ2) is 4.92. The summed E-state index contributed by atoms with van der Waals surface area (Å²) in [5, 5.41) is 9.11. The van der Waals surface area contributed by atoms with E-state index < -0.39 is 11.5 Å². The highest BCUT2D eigenvalue weighted by Crippen LogP contribution is 2.27. The fourth-order valence-corrected chi connectivity index (χ4v) is 2.83. The molecule has 2 aliphatic heterocycles. The molecule has 5 nitrogen and oxygen atoms in total. The van der Waals surface area contributed by atoms with Crippen molar-refractivity contribution >= 4 is 5.97 Å². The molecule has 5 heteroatoms. The van der Waals surface area contributed by atoms with E-state index in [4.69, 9.17) is 15.6 Å². The van der Waals surface area contributed by atoms with E-state index in [0.29, 0.717) is 25.1 Å². The predicted molar refractivity (Wildman–Crippen MR) is 63.8 cm³/mol. The lowest BCUT2D eigenvalue weighted by Crippen LogP contribution is -2.52. The molecule has 3 N–H and O–H groups in total. The SMILES string of the molecule is CCC1CC(N2CCC(N)(C(=O)O)C2)CCO1. The molecule has 2 saturated heterocycles. The highest BCUT2D eigenvalue weighted by molar-refractivity contribution is 5.79. The molecule has 0 aliphatic carbocycles. The second-order valence-corrected chi connectivity index (χ2v) is 5.26. The number of carbonyl (C=O) groups is 1. The van der Waals surface area contributed by atoms with Crippen molar-refractivity contribution in [2.75, 3.05) is 19.7 Å². The first-order chi connectivity index (χ1) is 8.05. The van der Waals surface area contributed by atoms with E-state index in [2.05, 4.69) is 11.8 Å². The highest BCUT2D eigenvalue weighted by Gasteiger charge is 2.43. The zero-order valence-electron chi connectivity index (χ0n) is 10.4. The van der Waals surface area contributed by atoms with Gasteiger partial charge in [0, 0.05) is 25.7 Å². The maximum atomic E-state index is 11.1. The largest absolute Gasteiger partial charge is 0.480 e. The van der Waals surface area contributed by atoms with Crippen molar-refractivity contribution in [2.24, 2.45) is 5.73 Å². The Balaban J connectivity index is 1.94. The summed E-state index contributed by atoms with van der Waals surface area (Å²) >= 11 is 0. The van der Waals surface area contributed by atoms with Gasteiger partial charge in [-0.3, -0.25) is 9.69 Å². The van der Waals surface area contributed by atoms with Crippen LogP contribution in [0.4, 0.5) is 0 Å². The summed E-state index contributed by atoms with van der Waals surface area (Å²) < 4.78 is 5.64. The summed E-state index contributed by atoms with van der Waals surface area (Å²) in [5.74, 6) is -0.876. The van der Waals surface area contributed by atoms with Gasteiger partial charge in [-0.2, -0.15) is 0 Å². The normalized spacial score (nSPS) is 39.4. The van der Waals surface area contributed by atoms with E-state index in [-0.39, 0.29) is 0 Å². The topological polar surface area (TPSA) is 75.8 Å². The number of nitrogens with two attached hydrogens (primary N) is 1. The van der Waals surface area contributed by atoms with Crippen LogP contribution in [0.15, 0.2) is 0 Å². The third-order valence-electron chi connectivity index (χ3n) is 4.07. The highest BCUT2D eigenvalue weighted by atomic mass is 16.5. The van der Waals surface area contributed by atoms with Gasteiger partial charge in [-0.05, 0) is 25.7 Å². The van der Waals surface area contributed by atoms with Gasteiger partial charge in [-0.15, -0.1) is 0 Å². The van der Waals surface area contributed by atoms with Gasteiger partial charge < -0.3 is 15.6 Å². The Morgan fingerprint density at radius 3 is 3.00 bits per heavy atom. The van der Waals surface area contributed by atoms with Crippen LogP contribution in [0.2, 0.25) is 0 Å². The molecular weight excluding hydrogens is 220 g/mol. The van der Waals surface area contributed by atoms with Crippen molar-refractivity contribution in [1.82, 2.24) is 4.90 Å². The van der Waals surface area contributed by atoms with Crippen molar-refractivity contribution in [2.45, 2.75) is 50.3 Å². The van der Waals surface area contributed by atoms with Gasteiger partial charge in [-0.1, -0.05) is 6.92 Å². The first-order valence-corrected chi connectivity index (χ1v) is 6.43. The Labute approximate surface area is 102 Å². The van der Waals surface area contributed by atoms with Crippen molar-refractivity contribution in [1.29, 1.82) is 0 Å². The number of nitrogens with zero attached hydrogens (tertiary/aromatic N) is 1. The van der Waals surface area contributed by atoms with Gasteiger partial charge in [0.05, 0.1) is 6.10 Å². The molecule has 0 bridgehead atoms. The fraction of sp³-hybridized carbons (Fsp3) is 0.917. The van der Waals surface area contributed by atoms with Crippen molar-refractivity contribution in [3.8, 4) is 0 Å². The molecule has 0 aromatic rings. The molecule has 2 fully saturated rings. The lowest BCUT2D eigenvalue weighted by Gasteiger charge is -2.35. The summed E-state index contributed by atoms with van der Waals surface area (Å²) in [4.78, 5) is 13.3. The maximum Gasteiger partial charge on any atom is 0.325 e. The zero-order valence-corrected chi connectivity index (χ0v) is 10.4. The third kappa shape index (κ3) is 2.61. The molecule has 3 atom stereocenters. The van der Waals surface area contributed by atoms with E-state index in [9.17, 15) is 4.79 Å². The maximum absolute atomic E-state index is 11.1. The number of aliphatic carboxylic acids is 1. The van der Waals surface area contributed by atoms with E-state index in [0.717, 1.165) is 32.4 Å². The Kier molecular flexibility index (Phi) is 3.70. The Bertz CT molecular complexity index is 297. The van der Waals surface area contributed by atoms with Crippen LogP contribution < -0.4 is 5.73 Å². The van der Waals surface area contributed by atoms with Crippen LogP contribution >= 0.6 is 0 Å².